The summed E-state index contributed by atoms with van der Waals surface area (Å²) in [5.41, 5.74) is 0. The fourth-order valence-electron chi connectivity index (χ4n) is 2.94. The van der Waals surface area contributed by atoms with E-state index >= 15 is 0 Å². The second-order valence-electron chi connectivity index (χ2n) is 5.98. The standard InChI is InChI=1S/C16H21N3O3S3.ClH/c1-17-9-12-4-6-19(11-12)16(20)15-14(5-8-24-15)25(21,22)18-10-13-3-2-7-23-13;/h2-3,5,7-8,12,17-18H,4,6,9-11H2,1H3;1H. The molecule has 0 aromatic carbocycles. The Balaban J connectivity index is 0.00000243. The van der Waals surface area contributed by atoms with Crippen molar-refractivity contribution in [2.45, 2.75) is 17.9 Å². The largest absolute Gasteiger partial charge is 0.338 e. The highest BCUT2D eigenvalue weighted by Gasteiger charge is 2.31. The number of nitrogens with zero attached hydrogens (tertiary/aromatic N) is 1. The van der Waals surface area contributed by atoms with Gasteiger partial charge in [-0.25, -0.2) is 13.1 Å². The molecule has 0 saturated carbocycles. The molecule has 2 N–H and O–H groups in total. The summed E-state index contributed by atoms with van der Waals surface area (Å²) in [6.45, 7) is 2.43. The fourth-order valence-corrected chi connectivity index (χ4v) is 6.07. The topological polar surface area (TPSA) is 78.5 Å². The summed E-state index contributed by atoms with van der Waals surface area (Å²) >= 11 is 2.68. The van der Waals surface area contributed by atoms with Crippen molar-refractivity contribution in [2.75, 3.05) is 26.7 Å². The van der Waals surface area contributed by atoms with Crippen molar-refractivity contribution < 1.29 is 13.2 Å². The van der Waals surface area contributed by atoms with Crippen LogP contribution in [0.5, 0.6) is 0 Å². The van der Waals surface area contributed by atoms with E-state index in [4.69, 9.17) is 0 Å². The van der Waals surface area contributed by atoms with Crippen LogP contribution in [0.2, 0.25) is 0 Å². The van der Waals surface area contributed by atoms with E-state index in [1.807, 2.05) is 24.6 Å². The van der Waals surface area contributed by atoms with Gasteiger partial charge in [-0.1, -0.05) is 6.07 Å². The number of amides is 1. The summed E-state index contributed by atoms with van der Waals surface area (Å²) in [5, 5.41) is 6.69. The maximum atomic E-state index is 12.8. The van der Waals surface area contributed by atoms with Crippen LogP contribution in [0.25, 0.3) is 0 Å². The van der Waals surface area contributed by atoms with E-state index in [2.05, 4.69) is 10.0 Å². The van der Waals surface area contributed by atoms with Gasteiger partial charge in [0.05, 0.1) is 0 Å². The fraction of sp³-hybridized carbons (Fsp3) is 0.438. The third-order valence-corrected chi connectivity index (χ3v) is 7.55. The van der Waals surface area contributed by atoms with E-state index in [9.17, 15) is 13.2 Å². The van der Waals surface area contributed by atoms with Gasteiger partial charge in [-0.05, 0) is 48.8 Å². The predicted octanol–water partition coefficient (Wildman–Crippen LogP) is 2.39. The van der Waals surface area contributed by atoms with Crippen LogP contribution in [-0.4, -0.2) is 45.9 Å². The highest BCUT2D eigenvalue weighted by atomic mass is 35.5. The normalized spacial score (nSPS) is 17.3. The minimum absolute atomic E-state index is 0. The van der Waals surface area contributed by atoms with Gasteiger partial charge in [-0.3, -0.25) is 4.79 Å². The van der Waals surface area contributed by atoms with Crippen LogP contribution in [0, 0.1) is 5.92 Å². The molecule has 1 aliphatic rings. The Kier molecular flexibility index (Phi) is 7.63. The van der Waals surface area contributed by atoms with Gasteiger partial charge in [0.25, 0.3) is 5.91 Å². The van der Waals surface area contributed by atoms with Crippen LogP contribution in [0.4, 0.5) is 0 Å². The molecule has 0 aliphatic carbocycles. The van der Waals surface area contributed by atoms with Crippen LogP contribution in [0.1, 0.15) is 21.0 Å². The Hall–Kier alpha value is -0.970. The van der Waals surface area contributed by atoms with Gasteiger partial charge in [0.15, 0.2) is 0 Å². The quantitative estimate of drug-likeness (QED) is 0.699. The Morgan fingerprint density at radius 1 is 1.31 bits per heavy atom. The lowest BCUT2D eigenvalue weighted by Gasteiger charge is -2.16. The van der Waals surface area contributed by atoms with Crippen LogP contribution < -0.4 is 10.0 Å². The molecule has 0 radical (unpaired) electrons. The zero-order chi connectivity index (χ0) is 17.9. The molecule has 1 saturated heterocycles. The first-order valence-electron chi connectivity index (χ1n) is 8.04. The molecule has 1 aliphatic heterocycles. The predicted molar refractivity (Wildman–Crippen MR) is 108 cm³/mol. The maximum Gasteiger partial charge on any atom is 0.265 e. The molecule has 1 atom stereocenters. The van der Waals surface area contributed by atoms with Crippen molar-refractivity contribution >= 4 is 51.0 Å². The van der Waals surface area contributed by atoms with Crippen molar-refractivity contribution in [2.24, 2.45) is 5.92 Å². The number of carbonyl (C=O) groups is 1. The Bertz CT molecular complexity index is 821. The second kappa shape index (κ2) is 9.29. The second-order valence-corrected chi connectivity index (χ2v) is 9.67. The average Bonchev–Trinajstić information content (AvgIpc) is 3.33. The Morgan fingerprint density at radius 2 is 2.12 bits per heavy atom. The minimum atomic E-state index is -3.71. The number of halogens is 1. The van der Waals surface area contributed by atoms with E-state index in [-0.39, 0.29) is 29.8 Å². The van der Waals surface area contributed by atoms with Gasteiger partial charge in [0, 0.05) is 24.5 Å². The summed E-state index contributed by atoms with van der Waals surface area (Å²) in [6, 6.07) is 5.26. The number of carbonyl (C=O) groups excluding carboxylic acids is 1. The number of hydrogen-bond donors (Lipinski definition) is 2. The van der Waals surface area contributed by atoms with E-state index in [0.29, 0.717) is 23.9 Å². The molecule has 3 heterocycles. The number of nitrogens with one attached hydrogen (secondary N) is 2. The van der Waals surface area contributed by atoms with Crippen LogP contribution in [0.3, 0.4) is 0 Å². The molecule has 0 spiro atoms. The molecular formula is C16H22ClN3O3S3. The van der Waals surface area contributed by atoms with Crippen molar-refractivity contribution in [3.05, 3.63) is 38.7 Å². The number of hydrogen-bond acceptors (Lipinski definition) is 6. The molecule has 144 valence electrons. The van der Waals surface area contributed by atoms with Gasteiger partial charge >= 0.3 is 0 Å². The molecule has 26 heavy (non-hydrogen) atoms. The Labute approximate surface area is 168 Å². The molecular weight excluding hydrogens is 414 g/mol. The van der Waals surface area contributed by atoms with Gasteiger partial charge in [0.1, 0.15) is 9.77 Å². The van der Waals surface area contributed by atoms with Crippen LogP contribution in [-0.2, 0) is 16.6 Å². The summed E-state index contributed by atoms with van der Waals surface area (Å²) < 4.78 is 27.8. The number of sulfonamides is 1. The van der Waals surface area contributed by atoms with Crippen molar-refractivity contribution in [3.63, 3.8) is 0 Å². The van der Waals surface area contributed by atoms with Crippen molar-refractivity contribution in [1.29, 1.82) is 0 Å². The zero-order valence-electron chi connectivity index (χ0n) is 14.3. The number of thiophene rings is 2. The molecule has 1 unspecified atom stereocenters. The van der Waals surface area contributed by atoms with Crippen LogP contribution >= 0.6 is 35.1 Å². The Morgan fingerprint density at radius 3 is 2.81 bits per heavy atom. The molecule has 6 nitrogen and oxygen atoms in total. The third kappa shape index (κ3) is 4.85. The third-order valence-electron chi connectivity index (χ3n) is 4.20. The lowest BCUT2D eigenvalue weighted by Crippen LogP contribution is -2.31. The highest BCUT2D eigenvalue weighted by Crippen LogP contribution is 2.26. The first kappa shape index (κ1) is 21.3. The van der Waals surface area contributed by atoms with Gasteiger partial charge in [-0.15, -0.1) is 35.1 Å². The van der Waals surface area contributed by atoms with Gasteiger partial charge < -0.3 is 10.2 Å². The highest BCUT2D eigenvalue weighted by molar-refractivity contribution is 7.89. The molecule has 2 aromatic rings. The summed E-state index contributed by atoms with van der Waals surface area (Å²) in [5.74, 6) is 0.232. The number of rotatable bonds is 7. The monoisotopic (exact) mass is 435 g/mol. The lowest BCUT2D eigenvalue weighted by atomic mass is 10.1. The SMILES string of the molecule is CNCC1CCN(C(=O)c2sccc2S(=O)(=O)NCc2cccs2)C1.Cl. The zero-order valence-corrected chi connectivity index (χ0v) is 17.6. The smallest absolute Gasteiger partial charge is 0.265 e. The molecule has 10 heteroatoms. The minimum Gasteiger partial charge on any atom is -0.338 e. The molecule has 1 amide bonds. The molecule has 1 fully saturated rings. The van der Waals surface area contributed by atoms with E-state index in [1.54, 1.807) is 10.3 Å². The first-order chi connectivity index (χ1) is 12.0. The van der Waals surface area contributed by atoms with E-state index < -0.39 is 10.0 Å². The number of likely N-dealkylation sites (tertiary alicyclic amines) is 1. The average molecular weight is 436 g/mol. The van der Waals surface area contributed by atoms with Crippen molar-refractivity contribution in [1.82, 2.24) is 14.9 Å². The molecule has 0 bridgehead atoms. The first-order valence-corrected chi connectivity index (χ1v) is 11.3. The van der Waals surface area contributed by atoms with Crippen molar-refractivity contribution in [3.8, 4) is 0 Å². The van der Waals surface area contributed by atoms with E-state index in [0.717, 1.165) is 17.8 Å². The molecule has 3 rings (SSSR count). The van der Waals surface area contributed by atoms with E-state index in [1.165, 1.54) is 28.7 Å². The van der Waals surface area contributed by atoms with Gasteiger partial charge in [-0.2, -0.15) is 0 Å². The summed E-state index contributed by atoms with van der Waals surface area (Å²) in [7, 11) is -1.82. The maximum absolute atomic E-state index is 12.8. The molecule has 2 aromatic heterocycles. The van der Waals surface area contributed by atoms with Gasteiger partial charge in [0.2, 0.25) is 10.0 Å². The summed E-state index contributed by atoms with van der Waals surface area (Å²) in [6.07, 6.45) is 0.941. The van der Waals surface area contributed by atoms with Crippen LogP contribution in [0.15, 0.2) is 33.9 Å². The lowest BCUT2D eigenvalue weighted by molar-refractivity contribution is 0.0788. The summed E-state index contributed by atoms with van der Waals surface area (Å²) in [4.78, 5) is 15.8.